The lowest BCUT2D eigenvalue weighted by Crippen LogP contribution is -2.22. The van der Waals surface area contributed by atoms with E-state index in [1.807, 2.05) is 7.05 Å². The second-order valence-corrected chi connectivity index (χ2v) is 5.79. The van der Waals surface area contributed by atoms with Gasteiger partial charge in [0.25, 0.3) is 0 Å². The van der Waals surface area contributed by atoms with Crippen molar-refractivity contribution in [1.29, 1.82) is 0 Å². The van der Waals surface area contributed by atoms with Gasteiger partial charge in [-0.1, -0.05) is 75.4 Å². The largest absolute Gasteiger partial charge is 0.312 e. The molecule has 0 saturated carbocycles. The second kappa shape index (κ2) is 6.71. The number of nitrogens with one attached hydrogen (secondary N) is 1. The zero-order valence-corrected chi connectivity index (χ0v) is 12.9. The molecule has 2 rings (SSSR count). The first kappa shape index (κ1) is 14.8. The van der Waals surface area contributed by atoms with E-state index in [4.69, 9.17) is 0 Å². The predicted octanol–water partition coefficient (Wildman–Crippen LogP) is 4.87. The van der Waals surface area contributed by atoms with Gasteiger partial charge in [0.2, 0.25) is 0 Å². The monoisotopic (exact) mass is 267 g/mol. The summed E-state index contributed by atoms with van der Waals surface area (Å²) in [5.41, 5.74) is 4.13. The van der Waals surface area contributed by atoms with Crippen LogP contribution in [0.4, 0.5) is 0 Å². The van der Waals surface area contributed by atoms with Crippen molar-refractivity contribution in [3.63, 3.8) is 0 Å². The lowest BCUT2D eigenvalue weighted by Gasteiger charge is -2.25. The fourth-order valence-corrected chi connectivity index (χ4v) is 2.74. The zero-order valence-electron chi connectivity index (χ0n) is 12.9. The molecule has 20 heavy (non-hydrogen) atoms. The number of rotatable bonds is 5. The van der Waals surface area contributed by atoms with Gasteiger partial charge in [0, 0.05) is 12.0 Å². The summed E-state index contributed by atoms with van der Waals surface area (Å²) in [4.78, 5) is 0. The molecule has 2 unspecified atom stereocenters. The minimum atomic E-state index is 0.346. The maximum absolute atomic E-state index is 3.47. The van der Waals surface area contributed by atoms with Crippen LogP contribution in [0.15, 0.2) is 54.6 Å². The SMILES string of the molecule is CNC(c1ccc(C(C)C)cc1)C(C)c1ccccc1. The van der Waals surface area contributed by atoms with Crippen LogP contribution in [0.5, 0.6) is 0 Å². The number of benzene rings is 2. The molecule has 0 aromatic heterocycles. The van der Waals surface area contributed by atoms with Crippen LogP contribution in [0.3, 0.4) is 0 Å². The summed E-state index contributed by atoms with van der Waals surface area (Å²) in [6, 6.07) is 20.1. The lowest BCUT2D eigenvalue weighted by atomic mass is 9.88. The lowest BCUT2D eigenvalue weighted by molar-refractivity contribution is 0.508. The van der Waals surface area contributed by atoms with E-state index in [2.05, 4.69) is 80.7 Å². The summed E-state index contributed by atoms with van der Waals surface area (Å²) in [5, 5.41) is 3.47. The molecule has 1 heteroatoms. The van der Waals surface area contributed by atoms with Crippen molar-refractivity contribution < 1.29 is 0 Å². The molecule has 0 heterocycles. The van der Waals surface area contributed by atoms with Gasteiger partial charge in [-0.05, 0) is 29.7 Å². The van der Waals surface area contributed by atoms with Crippen LogP contribution in [0.1, 0.15) is 55.3 Å². The first-order chi connectivity index (χ1) is 9.63. The van der Waals surface area contributed by atoms with Crippen molar-refractivity contribution in [3.05, 3.63) is 71.3 Å². The third-order valence-corrected chi connectivity index (χ3v) is 4.10. The van der Waals surface area contributed by atoms with Gasteiger partial charge in [-0.3, -0.25) is 0 Å². The van der Waals surface area contributed by atoms with E-state index in [0.29, 0.717) is 17.9 Å². The van der Waals surface area contributed by atoms with E-state index in [-0.39, 0.29) is 0 Å². The van der Waals surface area contributed by atoms with E-state index in [9.17, 15) is 0 Å². The Hall–Kier alpha value is -1.60. The zero-order chi connectivity index (χ0) is 14.5. The summed E-state index contributed by atoms with van der Waals surface area (Å²) >= 11 is 0. The molecule has 106 valence electrons. The minimum Gasteiger partial charge on any atom is -0.312 e. The average Bonchev–Trinajstić information content (AvgIpc) is 2.49. The Balaban J connectivity index is 2.23. The van der Waals surface area contributed by atoms with Crippen molar-refractivity contribution in [3.8, 4) is 0 Å². The van der Waals surface area contributed by atoms with Crippen molar-refractivity contribution >= 4 is 0 Å². The Labute approximate surface area is 123 Å². The van der Waals surface area contributed by atoms with E-state index >= 15 is 0 Å². The molecule has 2 aromatic carbocycles. The third-order valence-electron chi connectivity index (χ3n) is 4.10. The molecule has 2 aromatic rings. The molecular weight excluding hydrogens is 242 g/mol. The van der Waals surface area contributed by atoms with Gasteiger partial charge < -0.3 is 5.32 Å². The molecule has 0 spiro atoms. The topological polar surface area (TPSA) is 12.0 Å². The number of hydrogen-bond acceptors (Lipinski definition) is 1. The molecule has 0 fully saturated rings. The summed E-state index contributed by atoms with van der Waals surface area (Å²) < 4.78 is 0. The van der Waals surface area contributed by atoms with Gasteiger partial charge in [-0.25, -0.2) is 0 Å². The predicted molar refractivity (Wildman–Crippen MR) is 87.2 cm³/mol. The Morgan fingerprint density at radius 2 is 1.25 bits per heavy atom. The van der Waals surface area contributed by atoms with Crippen molar-refractivity contribution in [2.45, 2.75) is 38.6 Å². The highest BCUT2D eigenvalue weighted by molar-refractivity contribution is 5.30. The Morgan fingerprint density at radius 1 is 0.700 bits per heavy atom. The van der Waals surface area contributed by atoms with Gasteiger partial charge in [-0.15, -0.1) is 0 Å². The maximum Gasteiger partial charge on any atom is 0.0384 e. The Morgan fingerprint density at radius 3 is 1.75 bits per heavy atom. The molecule has 0 aliphatic carbocycles. The van der Waals surface area contributed by atoms with Gasteiger partial charge in [0.15, 0.2) is 0 Å². The van der Waals surface area contributed by atoms with Crippen molar-refractivity contribution in [2.75, 3.05) is 7.05 Å². The van der Waals surface area contributed by atoms with Crippen LogP contribution in [0.2, 0.25) is 0 Å². The second-order valence-electron chi connectivity index (χ2n) is 5.79. The van der Waals surface area contributed by atoms with Crippen molar-refractivity contribution in [1.82, 2.24) is 5.32 Å². The van der Waals surface area contributed by atoms with Gasteiger partial charge in [-0.2, -0.15) is 0 Å². The number of hydrogen-bond donors (Lipinski definition) is 1. The molecule has 0 saturated heterocycles. The molecule has 1 N–H and O–H groups in total. The molecular formula is C19H25N. The average molecular weight is 267 g/mol. The summed E-state index contributed by atoms with van der Waals surface area (Å²) in [6.45, 7) is 6.75. The first-order valence-corrected chi connectivity index (χ1v) is 7.45. The molecule has 0 radical (unpaired) electrons. The highest BCUT2D eigenvalue weighted by Crippen LogP contribution is 2.30. The van der Waals surface area contributed by atoms with Crippen molar-refractivity contribution in [2.24, 2.45) is 0 Å². The van der Waals surface area contributed by atoms with Gasteiger partial charge >= 0.3 is 0 Å². The highest BCUT2D eigenvalue weighted by atomic mass is 14.9. The molecule has 0 amide bonds. The fourth-order valence-electron chi connectivity index (χ4n) is 2.74. The Kier molecular flexibility index (Phi) is 4.97. The summed E-state index contributed by atoms with van der Waals surface area (Å²) in [7, 11) is 2.04. The molecule has 2 atom stereocenters. The van der Waals surface area contributed by atoms with E-state index in [1.165, 1.54) is 16.7 Å². The normalized spacial score (nSPS) is 14.2. The molecule has 0 aliphatic rings. The van der Waals surface area contributed by atoms with Crippen LogP contribution in [-0.2, 0) is 0 Å². The standard InChI is InChI=1S/C19H25N/c1-14(2)16-10-12-18(13-11-16)19(20-4)15(3)17-8-6-5-7-9-17/h5-15,19-20H,1-4H3. The van der Waals surface area contributed by atoms with Crippen LogP contribution < -0.4 is 5.32 Å². The quantitative estimate of drug-likeness (QED) is 0.814. The maximum atomic E-state index is 3.47. The first-order valence-electron chi connectivity index (χ1n) is 7.45. The van der Waals surface area contributed by atoms with Gasteiger partial charge in [0.1, 0.15) is 0 Å². The van der Waals surface area contributed by atoms with Crippen LogP contribution in [0, 0.1) is 0 Å². The fraction of sp³-hybridized carbons (Fsp3) is 0.368. The van der Waals surface area contributed by atoms with Crippen LogP contribution in [-0.4, -0.2) is 7.05 Å². The van der Waals surface area contributed by atoms with Gasteiger partial charge in [0.05, 0.1) is 0 Å². The smallest absolute Gasteiger partial charge is 0.0384 e. The molecule has 0 bridgehead atoms. The molecule has 0 aliphatic heterocycles. The van der Waals surface area contributed by atoms with E-state index in [0.717, 1.165) is 0 Å². The summed E-state index contributed by atoms with van der Waals surface area (Å²) in [6.07, 6.45) is 0. The van der Waals surface area contributed by atoms with E-state index < -0.39 is 0 Å². The minimum absolute atomic E-state index is 0.346. The van der Waals surface area contributed by atoms with Crippen LogP contribution >= 0.6 is 0 Å². The Bertz CT molecular complexity index is 513. The van der Waals surface area contributed by atoms with E-state index in [1.54, 1.807) is 0 Å². The van der Waals surface area contributed by atoms with Crippen LogP contribution in [0.25, 0.3) is 0 Å². The molecule has 1 nitrogen and oxygen atoms in total. The summed E-state index contributed by atoms with van der Waals surface area (Å²) in [5.74, 6) is 1.04. The number of likely N-dealkylation sites (N-methyl/N-ethyl adjacent to an activating group) is 1. The third kappa shape index (κ3) is 3.29. The highest BCUT2D eigenvalue weighted by Gasteiger charge is 2.19.